The standard InChI is InChI=1S/C18H15N5O/c24-12-13-3-8-20-16(9-13)21-17-11-23-10-15(1-2-18(23)22-17)14-4-6-19-7-5-14/h1-11,24H,12H2,(H,20,21). The van der Waals surface area contributed by atoms with Gasteiger partial charge in [-0.1, -0.05) is 0 Å². The van der Waals surface area contributed by atoms with Gasteiger partial charge in [0.05, 0.1) is 12.8 Å². The molecule has 0 aliphatic heterocycles. The van der Waals surface area contributed by atoms with E-state index in [1.54, 1.807) is 30.7 Å². The lowest BCUT2D eigenvalue weighted by Crippen LogP contribution is -1.95. The molecule has 0 aliphatic rings. The number of aliphatic hydroxyl groups is 1. The fourth-order valence-corrected chi connectivity index (χ4v) is 2.54. The molecule has 4 rings (SSSR count). The van der Waals surface area contributed by atoms with Gasteiger partial charge in [0.25, 0.3) is 0 Å². The number of anilines is 2. The number of aromatic nitrogens is 4. The highest BCUT2D eigenvalue weighted by atomic mass is 16.3. The van der Waals surface area contributed by atoms with Crippen LogP contribution in [-0.4, -0.2) is 24.5 Å². The van der Waals surface area contributed by atoms with E-state index >= 15 is 0 Å². The van der Waals surface area contributed by atoms with Crippen molar-refractivity contribution in [2.45, 2.75) is 6.61 Å². The Morgan fingerprint density at radius 1 is 0.917 bits per heavy atom. The molecule has 0 atom stereocenters. The topological polar surface area (TPSA) is 75.3 Å². The van der Waals surface area contributed by atoms with Crippen LogP contribution in [0.15, 0.2) is 67.4 Å². The van der Waals surface area contributed by atoms with Crippen molar-refractivity contribution in [2.75, 3.05) is 5.32 Å². The molecule has 0 radical (unpaired) electrons. The number of fused-ring (bicyclic) bond motifs is 1. The lowest BCUT2D eigenvalue weighted by molar-refractivity contribution is 0.282. The van der Waals surface area contributed by atoms with Gasteiger partial charge in [-0.15, -0.1) is 0 Å². The van der Waals surface area contributed by atoms with E-state index in [-0.39, 0.29) is 6.61 Å². The monoisotopic (exact) mass is 317 g/mol. The second-order valence-electron chi connectivity index (χ2n) is 5.38. The van der Waals surface area contributed by atoms with Gasteiger partial charge in [-0.05, 0) is 53.1 Å². The molecule has 4 aromatic rings. The highest BCUT2D eigenvalue weighted by molar-refractivity contribution is 5.65. The number of hydrogen-bond acceptors (Lipinski definition) is 5. The second-order valence-corrected chi connectivity index (χ2v) is 5.38. The molecule has 2 N–H and O–H groups in total. The Balaban J connectivity index is 1.65. The molecule has 0 unspecified atom stereocenters. The predicted octanol–water partition coefficient (Wildman–Crippen LogP) is 3.03. The summed E-state index contributed by atoms with van der Waals surface area (Å²) < 4.78 is 1.97. The maximum absolute atomic E-state index is 9.20. The van der Waals surface area contributed by atoms with Crippen LogP contribution in [0.1, 0.15) is 5.56 Å². The van der Waals surface area contributed by atoms with Crippen LogP contribution < -0.4 is 5.32 Å². The van der Waals surface area contributed by atoms with E-state index in [4.69, 9.17) is 0 Å². The lowest BCUT2D eigenvalue weighted by Gasteiger charge is -2.02. The first-order chi connectivity index (χ1) is 11.8. The highest BCUT2D eigenvalue weighted by Crippen LogP contribution is 2.21. The molecule has 0 spiro atoms. The predicted molar refractivity (Wildman–Crippen MR) is 91.9 cm³/mol. The van der Waals surface area contributed by atoms with Crippen molar-refractivity contribution in [3.63, 3.8) is 0 Å². The van der Waals surface area contributed by atoms with Crippen molar-refractivity contribution in [3.8, 4) is 11.1 Å². The first kappa shape index (κ1) is 14.3. The molecule has 4 heterocycles. The third-order valence-electron chi connectivity index (χ3n) is 3.73. The SMILES string of the molecule is OCc1ccnc(Nc2cn3cc(-c4ccncc4)ccc3n2)c1. The van der Waals surface area contributed by atoms with Crippen LogP contribution in [0.4, 0.5) is 11.6 Å². The Bertz CT molecular complexity index is 981. The molecule has 0 aromatic carbocycles. The van der Waals surface area contributed by atoms with Gasteiger partial charge < -0.3 is 14.8 Å². The normalized spacial score (nSPS) is 10.9. The quantitative estimate of drug-likeness (QED) is 0.605. The molecule has 0 saturated heterocycles. The highest BCUT2D eigenvalue weighted by Gasteiger charge is 2.05. The van der Waals surface area contributed by atoms with E-state index in [0.717, 1.165) is 22.3 Å². The van der Waals surface area contributed by atoms with Crippen LogP contribution in [0.2, 0.25) is 0 Å². The van der Waals surface area contributed by atoms with Gasteiger partial charge in [-0.25, -0.2) is 9.97 Å². The van der Waals surface area contributed by atoms with Crippen molar-refractivity contribution >= 4 is 17.3 Å². The number of pyridine rings is 3. The van der Waals surface area contributed by atoms with Gasteiger partial charge in [-0.3, -0.25) is 4.98 Å². The fraction of sp³-hybridized carbons (Fsp3) is 0.0556. The number of rotatable bonds is 4. The van der Waals surface area contributed by atoms with Crippen LogP contribution >= 0.6 is 0 Å². The summed E-state index contributed by atoms with van der Waals surface area (Å²) in [6, 6.07) is 11.5. The maximum Gasteiger partial charge on any atom is 0.150 e. The minimum absolute atomic E-state index is 0.0162. The molecular formula is C18H15N5O. The summed E-state index contributed by atoms with van der Waals surface area (Å²) in [5.74, 6) is 1.35. The van der Waals surface area contributed by atoms with Crippen LogP contribution in [0.3, 0.4) is 0 Å². The van der Waals surface area contributed by atoms with E-state index < -0.39 is 0 Å². The molecule has 6 heteroatoms. The average molecular weight is 317 g/mol. The molecule has 0 fully saturated rings. The van der Waals surface area contributed by atoms with Gasteiger partial charge >= 0.3 is 0 Å². The largest absolute Gasteiger partial charge is 0.392 e. The minimum Gasteiger partial charge on any atom is -0.392 e. The van der Waals surface area contributed by atoms with Crippen LogP contribution in [0.5, 0.6) is 0 Å². The summed E-state index contributed by atoms with van der Waals surface area (Å²) in [6.45, 7) is -0.0162. The minimum atomic E-state index is -0.0162. The summed E-state index contributed by atoms with van der Waals surface area (Å²) in [4.78, 5) is 12.8. The Labute approximate surface area is 138 Å². The van der Waals surface area contributed by atoms with Gasteiger partial charge in [0.1, 0.15) is 11.5 Å². The van der Waals surface area contributed by atoms with E-state index in [1.807, 2.05) is 41.1 Å². The van der Waals surface area contributed by atoms with Crippen LogP contribution in [0, 0.1) is 0 Å². The number of nitrogens with one attached hydrogen (secondary N) is 1. The Hall–Kier alpha value is -3.25. The number of nitrogens with zero attached hydrogens (tertiary/aromatic N) is 4. The number of imidazole rings is 1. The van der Waals surface area contributed by atoms with Gasteiger partial charge in [-0.2, -0.15) is 0 Å². The lowest BCUT2D eigenvalue weighted by atomic mass is 10.1. The molecule has 6 nitrogen and oxygen atoms in total. The van der Waals surface area contributed by atoms with E-state index in [1.165, 1.54) is 0 Å². The van der Waals surface area contributed by atoms with Gasteiger partial charge in [0.2, 0.25) is 0 Å². The zero-order valence-electron chi connectivity index (χ0n) is 12.8. The van der Waals surface area contributed by atoms with Crippen molar-refractivity contribution in [1.29, 1.82) is 0 Å². The van der Waals surface area contributed by atoms with Crippen molar-refractivity contribution in [1.82, 2.24) is 19.4 Å². The summed E-state index contributed by atoms with van der Waals surface area (Å²) in [6.07, 6.45) is 9.15. The summed E-state index contributed by atoms with van der Waals surface area (Å²) in [7, 11) is 0. The molecular weight excluding hydrogens is 302 g/mol. The van der Waals surface area contributed by atoms with E-state index in [9.17, 15) is 5.11 Å². The molecule has 0 saturated carbocycles. The molecule has 0 bridgehead atoms. The third kappa shape index (κ3) is 2.82. The van der Waals surface area contributed by atoms with Gasteiger partial charge in [0.15, 0.2) is 5.82 Å². The Kier molecular flexibility index (Phi) is 3.64. The number of hydrogen-bond donors (Lipinski definition) is 2. The zero-order chi connectivity index (χ0) is 16.4. The first-order valence-corrected chi connectivity index (χ1v) is 7.54. The first-order valence-electron chi connectivity index (χ1n) is 7.54. The zero-order valence-corrected chi connectivity index (χ0v) is 12.8. The van der Waals surface area contributed by atoms with E-state index in [2.05, 4.69) is 20.3 Å². The third-order valence-corrected chi connectivity index (χ3v) is 3.73. The summed E-state index contributed by atoms with van der Waals surface area (Å²) >= 11 is 0. The second kappa shape index (κ2) is 6.10. The van der Waals surface area contributed by atoms with Crippen molar-refractivity contribution < 1.29 is 5.11 Å². The molecule has 118 valence electrons. The Morgan fingerprint density at radius 2 is 1.79 bits per heavy atom. The molecule has 24 heavy (non-hydrogen) atoms. The van der Waals surface area contributed by atoms with E-state index in [0.29, 0.717) is 11.6 Å². The number of aliphatic hydroxyl groups excluding tert-OH is 1. The molecule has 4 aromatic heterocycles. The van der Waals surface area contributed by atoms with Crippen LogP contribution in [0.25, 0.3) is 16.8 Å². The smallest absolute Gasteiger partial charge is 0.150 e. The summed E-state index contributed by atoms with van der Waals surface area (Å²) in [5, 5.41) is 12.4. The van der Waals surface area contributed by atoms with Crippen LogP contribution in [-0.2, 0) is 6.61 Å². The molecule has 0 aliphatic carbocycles. The van der Waals surface area contributed by atoms with Crippen molar-refractivity contribution in [2.24, 2.45) is 0 Å². The van der Waals surface area contributed by atoms with Crippen molar-refractivity contribution in [3.05, 3.63) is 72.9 Å². The average Bonchev–Trinajstić information content (AvgIpc) is 3.04. The summed E-state index contributed by atoms with van der Waals surface area (Å²) in [5.41, 5.74) is 3.84. The maximum atomic E-state index is 9.20. The fourth-order valence-electron chi connectivity index (χ4n) is 2.54. The Morgan fingerprint density at radius 3 is 2.62 bits per heavy atom. The van der Waals surface area contributed by atoms with Gasteiger partial charge in [0, 0.05) is 24.8 Å². The molecule has 0 amide bonds.